The van der Waals surface area contributed by atoms with Crippen molar-refractivity contribution in [3.63, 3.8) is 0 Å². The number of furan rings is 1. The zero-order valence-electron chi connectivity index (χ0n) is 10.7. The van der Waals surface area contributed by atoms with Crippen molar-refractivity contribution in [2.75, 3.05) is 6.54 Å². The Bertz CT molecular complexity index is 527. The molecule has 0 aromatic carbocycles. The number of aromatic nitrogens is 2. The van der Waals surface area contributed by atoms with Gasteiger partial charge in [-0.1, -0.05) is 0 Å². The zero-order chi connectivity index (χ0) is 12.5. The molecule has 4 nitrogen and oxygen atoms in total. The third-order valence-corrected chi connectivity index (χ3v) is 3.75. The number of fused-ring (bicyclic) bond motifs is 1. The van der Waals surface area contributed by atoms with Gasteiger partial charge in [-0.15, -0.1) is 0 Å². The third-order valence-electron chi connectivity index (χ3n) is 3.75. The van der Waals surface area contributed by atoms with Crippen LogP contribution in [0.3, 0.4) is 0 Å². The molecule has 2 aromatic rings. The average molecular weight is 245 g/mol. The minimum Gasteiger partial charge on any atom is -0.467 e. The molecule has 0 bridgehead atoms. The van der Waals surface area contributed by atoms with E-state index < -0.39 is 0 Å². The van der Waals surface area contributed by atoms with Gasteiger partial charge >= 0.3 is 0 Å². The molecule has 2 N–H and O–H groups in total. The molecule has 0 amide bonds. The predicted molar refractivity (Wildman–Crippen MR) is 69.5 cm³/mol. The van der Waals surface area contributed by atoms with Gasteiger partial charge < -0.3 is 14.7 Å². The summed E-state index contributed by atoms with van der Waals surface area (Å²) >= 11 is 0. The quantitative estimate of drug-likeness (QED) is 0.902. The molecule has 2 aromatic heterocycles. The van der Waals surface area contributed by atoms with Crippen LogP contribution in [0.25, 0.3) is 0 Å². The highest BCUT2D eigenvalue weighted by molar-refractivity contribution is 5.23. The van der Waals surface area contributed by atoms with Gasteiger partial charge in [0.2, 0.25) is 0 Å². The molecule has 18 heavy (non-hydrogen) atoms. The molecule has 0 fully saturated rings. The summed E-state index contributed by atoms with van der Waals surface area (Å²) in [7, 11) is 0. The van der Waals surface area contributed by atoms with Gasteiger partial charge in [-0.05, 0) is 44.7 Å². The lowest BCUT2D eigenvalue weighted by atomic mass is 10.0. The van der Waals surface area contributed by atoms with E-state index in [2.05, 4.69) is 11.5 Å². The normalized spacial score (nSPS) is 16.6. The van der Waals surface area contributed by atoms with E-state index in [1.165, 1.54) is 24.2 Å². The molecule has 0 aliphatic heterocycles. The summed E-state index contributed by atoms with van der Waals surface area (Å²) in [6.07, 6.45) is 6.40. The van der Waals surface area contributed by atoms with Crippen LogP contribution in [0.15, 0.2) is 22.8 Å². The van der Waals surface area contributed by atoms with Crippen LogP contribution in [0.2, 0.25) is 0 Å². The second-order valence-electron chi connectivity index (χ2n) is 4.90. The number of rotatable bonds is 3. The van der Waals surface area contributed by atoms with E-state index in [-0.39, 0.29) is 6.04 Å². The summed E-state index contributed by atoms with van der Waals surface area (Å²) < 4.78 is 7.80. The number of aryl methyl sites for hydroxylation is 2. The van der Waals surface area contributed by atoms with Crippen LogP contribution < -0.4 is 5.73 Å². The Morgan fingerprint density at radius 2 is 2.28 bits per heavy atom. The fraction of sp³-hybridized carbons (Fsp3) is 0.500. The van der Waals surface area contributed by atoms with Crippen molar-refractivity contribution in [2.24, 2.45) is 5.73 Å². The first-order chi connectivity index (χ1) is 8.81. The summed E-state index contributed by atoms with van der Waals surface area (Å²) in [4.78, 5) is 4.70. The second kappa shape index (κ2) is 4.61. The maximum atomic E-state index is 5.95. The molecule has 96 valence electrons. The van der Waals surface area contributed by atoms with Gasteiger partial charge in [-0.25, -0.2) is 4.98 Å². The molecule has 3 rings (SSSR count). The molecule has 1 atom stereocenters. The monoisotopic (exact) mass is 245 g/mol. The lowest BCUT2D eigenvalue weighted by Crippen LogP contribution is -2.23. The Kier molecular flexibility index (Phi) is 2.96. The third kappa shape index (κ3) is 1.77. The number of hydrogen-bond acceptors (Lipinski definition) is 3. The molecule has 0 saturated heterocycles. The van der Waals surface area contributed by atoms with E-state index in [1.54, 1.807) is 6.26 Å². The second-order valence-corrected chi connectivity index (χ2v) is 4.90. The van der Waals surface area contributed by atoms with Crippen LogP contribution in [-0.4, -0.2) is 16.1 Å². The molecular formula is C14H19N3O. The fourth-order valence-electron chi connectivity index (χ4n) is 2.94. The minimum absolute atomic E-state index is 0.0781. The maximum Gasteiger partial charge on any atom is 0.127 e. The molecule has 0 radical (unpaired) electrons. The van der Waals surface area contributed by atoms with Crippen molar-refractivity contribution in [3.05, 3.63) is 41.4 Å². The fourth-order valence-corrected chi connectivity index (χ4v) is 2.94. The Morgan fingerprint density at radius 1 is 1.44 bits per heavy atom. The summed E-state index contributed by atoms with van der Waals surface area (Å²) in [5, 5.41) is 0. The van der Waals surface area contributed by atoms with Crippen LogP contribution in [0.4, 0.5) is 0 Å². The Morgan fingerprint density at radius 3 is 3.00 bits per heavy atom. The van der Waals surface area contributed by atoms with E-state index in [4.69, 9.17) is 15.1 Å². The summed E-state index contributed by atoms with van der Waals surface area (Å²) in [6, 6.07) is 3.98. The van der Waals surface area contributed by atoms with Gasteiger partial charge in [0, 0.05) is 12.2 Å². The number of imidazole rings is 1. The number of nitrogens with zero attached hydrogens (tertiary/aromatic N) is 2. The highest BCUT2D eigenvalue weighted by Gasteiger charge is 2.24. The van der Waals surface area contributed by atoms with Gasteiger partial charge in [0.05, 0.1) is 12.0 Å². The van der Waals surface area contributed by atoms with E-state index in [0.29, 0.717) is 6.54 Å². The first-order valence-electron chi connectivity index (χ1n) is 6.61. The smallest absolute Gasteiger partial charge is 0.127 e. The van der Waals surface area contributed by atoms with Crippen molar-refractivity contribution in [1.82, 2.24) is 9.55 Å². The Hall–Kier alpha value is -1.55. The topological polar surface area (TPSA) is 57.0 Å². The summed E-state index contributed by atoms with van der Waals surface area (Å²) in [6.45, 7) is 2.60. The Balaban J connectivity index is 2.07. The van der Waals surface area contributed by atoms with Crippen molar-refractivity contribution in [1.29, 1.82) is 0 Å². The summed E-state index contributed by atoms with van der Waals surface area (Å²) in [5.74, 6) is 1.97. The zero-order valence-corrected chi connectivity index (χ0v) is 10.7. The standard InChI is InChI=1S/C14H19N3O/c1-10-16-11-5-2-3-6-12(11)17(10)13(9-15)14-7-4-8-18-14/h4,7-8,13H,2-3,5-6,9,15H2,1H3. The maximum absolute atomic E-state index is 5.95. The average Bonchev–Trinajstić information content (AvgIpc) is 2.99. The summed E-state index contributed by atoms with van der Waals surface area (Å²) in [5.41, 5.74) is 8.55. The first kappa shape index (κ1) is 11.5. The number of hydrogen-bond donors (Lipinski definition) is 1. The van der Waals surface area contributed by atoms with Crippen molar-refractivity contribution < 1.29 is 4.42 Å². The van der Waals surface area contributed by atoms with E-state index in [1.807, 2.05) is 12.1 Å². The van der Waals surface area contributed by atoms with Gasteiger partial charge in [-0.2, -0.15) is 0 Å². The number of nitrogens with two attached hydrogens (primary N) is 1. The predicted octanol–water partition coefficient (Wildman–Crippen LogP) is 2.21. The molecule has 0 spiro atoms. The Labute approximate surface area is 107 Å². The minimum atomic E-state index is 0.0781. The lowest BCUT2D eigenvalue weighted by molar-refractivity contribution is 0.418. The lowest BCUT2D eigenvalue weighted by Gasteiger charge is -2.21. The van der Waals surface area contributed by atoms with Gasteiger partial charge in [0.1, 0.15) is 17.6 Å². The van der Waals surface area contributed by atoms with Gasteiger partial charge in [0.15, 0.2) is 0 Å². The van der Waals surface area contributed by atoms with Gasteiger partial charge in [0.25, 0.3) is 0 Å². The highest BCUT2D eigenvalue weighted by atomic mass is 16.3. The van der Waals surface area contributed by atoms with Crippen LogP contribution in [0, 0.1) is 6.92 Å². The van der Waals surface area contributed by atoms with E-state index >= 15 is 0 Å². The molecule has 1 unspecified atom stereocenters. The van der Waals surface area contributed by atoms with Crippen molar-refractivity contribution in [2.45, 2.75) is 38.6 Å². The van der Waals surface area contributed by atoms with Crippen molar-refractivity contribution >= 4 is 0 Å². The van der Waals surface area contributed by atoms with E-state index in [9.17, 15) is 0 Å². The molecular weight excluding hydrogens is 226 g/mol. The SMILES string of the molecule is Cc1nc2c(n1C(CN)c1ccco1)CCCC2. The first-order valence-corrected chi connectivity index (χ1v) is 6.61. The van der Waals surface area contributed by atoms with Crippen LogP contribution >= 0.6 is 0 Å². The van der Waals surface area contributed by atoms with E-state index in [0.717, 1.165) is 24.4 Å². The highest BCUT2D eigenvalue weighted by Crippen LogP contribution is 2.28. The molecule has 0 saturated carbocycles. The van der Waals surface area contributed by atoms with Gasteiger partial charge in [-0.3, -0.25) is 0 Å². The van der Waals surface area contributed by atoms with Crippen molar-refractivity contribution in [3.8, 4) is 0 Å². The molecule has 1 aliphatic carbocycles. The molecule has 4 heteroatoms. The van der Waals surface area contributed by atoms with Crippen LogP contribution in [0.5, 0.6) is 0 Å². The molecule has 1 aliphatic rings. The largest absolute Gasteiger partial charge is 0.467 e. The van der Waals surface area contributed by atoms with Crippen LogP contribution in [-0.2, 0) is 12.8 Å². The molecule has 2 heterocycles. The van der Waals surface area contributed by atoms with Crippen LogP contribution in [0.1, 0.15) is 41.9 Å².